The van der Waals surface area contributed by atoms with Gasteiger partial charge in [-0.15, -0.1) is 0 Å². The molecule has 2 unspecified atom stereocenters. The number of anilines is 3. The van der Waals surface area contributed by atoms with Gasteiger partial charge in [0.1, 0.15) is 0 Å². The van der Waals surface area contributed by atoms with Gasteiger partial charge in [-0.3, -0.25) is 4.79 Å². The van der Waals surface area contributed by atoms with E-state index in [0.717, 1.165) is 29.1 Å². The molecule has 2 aromatic rings. The second-order valence-electron chi connectivity index (χ2n) is 11.9. The van der Waals surface area contributed by atoms with Gasteiger partial charge in [-0.1, -0.05) is 17.7 Å². The molecular formula is C29H33ClN2O5. The first-order valence-electron chi connectivity index (χ1n) is 13.2. The molecule has 3 N–H and O–H groups in total. The van der Waals surface area contributed by atoms with Crippen LogP contribution in [0.2, 0.25) is 5.02 Å². The molecule has 4 aliphatic carbocycles. The molecule has 4 bridgehead atoms. The molecule has 7 nitrogen and oxygen atoms in total. The number of aliphatic carboxylic acids is 1. The standard InChI is InChI=1S/C29H33ClN2O5/c1-28(2)36-24(25(37-28)27(34)35)26(33)32-21-6-4-20(5-7-21)31-23-8-3-19(12-22(23)30)29-13-16-9-17(14-29)11-18(10-16)15-29/h3-8,12,16-18,24-25,31H,9-11,13-15H2,1-2H3,(H,32,33)(H,34,35). The molecular weight excluding hydrogens is 492 g/mol. The number of amides is 1. The Labute approximate surface area is 221 Å². The Morgan fingerprint density at radius 1 is 0.892 bits per heavy atom. The van der Waals surface area contributed by atoms with Crippen molar-refractivity contribution in [2.75, 3.05) is 10.6 Å². The van der Waals surface area contributed by atoms with Crippen molar-refractivity contribution in [3.8, 4) is 0 Å². The van der Waals surface area contributed by atoms with Crippen LogP contribution >= 0.6 is 11.6 Å². The van der Waals surface area contributed by atoms with Crippen LogP contribution in [0, 0.1) is 17.8 Å². The normalized spacial score (nSPS) is 33.3. The van der Waals surface area contributed by atoms with E-state index in [2.05, 4.69) is 28.8 Å². The minimum atomic E-state index is -1.36. The highest BCUT2D eigenvalue weighted by molar-refractivity contribution is 6.33. The number of carbonyl (C=O) groups is 2. The highest BCUT2D eigenvalue weighted by atomic mass is 35.5. The van der Waals surface area contributed by atoms with Gasteiger partial charge in [-0.25, -0.2) is 4.79 Å². The van der Waals surface area contributed by atoms with E-state index in [0.29, 0.717) is 16.1 Å². The molecule has 7 rings (SSSR count). The van der Waals surface area contributed by atoms with E-state index in [4.69, 9.17) is 21.1 Å². The van der Waals surface area contributed by atoms with Crippen LogP contribution in [-0.2, 0) is 24.5 Å². The zero-order valence-corrected chi connectivity index (χ0v) is 21.9. The largest absolute Gasteiger partial charge is 0.479 e. The Kier molecular flexibility index (Phi) is 6.01. The van der Waals surface area contributed by atoms with Crippen LogP contribution in [-0.4, -0.2) is 35.0 Å². The maximum absolute atomic E-state index is 12.7. The number of carbonyl (C=O) groups excluding carboxylic acids is 1. The molecule has 0 aromatic heterocycles. The van der Waals surface area contributed by atoms with Crippen molar-refractivity contribution in [2.24, 2.45) is 17.8 Å². The molecule has 4 saturated carbocycles. The maximum Gasteiger partial charge on any atom is 0.336 e. The summed E-state index contributed by atoms with van der Waals surface area (Å²) in [5.41, 5.74) is 3.89. The Bertz CT molecular complexity index is 1190. The van der Waals surface area contributed by atoms with Crippen LogP contribution in [0.25, 0.3) is 0 Å². The van der Waals surface area contributed by atoms with E-state index in [9.17, 15) is 14.7 Å². The summed E-state index contributed by atoms with van der Waals surface area (Å²) in [5.74, 6) is -0.301. The predicted molar refractivity (Wildman–Crippen MR) is 141 cm³/mol. The van der Waals surface area contributed by atoms with E-state index in [1.54, 1.807) is 26.0 Å². The van der Waals surface area contributed by atoms with Crippen LogP contribution in [0.3, 0.4) is 0 Å². The van der Waals surface area contributed by atoms with Crippen LogP contribution in [0.15, 0.2) is 42.5 Å². The van der Waals surface area contributed by atoms with Gasteiger partial charge >= 0.3 is 5.97 Å². The lowest BCUT2D eigenvalue weighted by Crippen LogP contribution is -2.48. The summed E-state index contributed by atoms with van der Waals surface area (Å²) in [6, 6.07) is 13.7. The summed E-state index contributed by atoms with van der Waals surface area (Å²) < 4.78 is 10.9. The third kappa shape index (κ3) is 4.73. The number of nitrogens with one attached hydrogen (secondary N) is 2. The van der Waals surface area contributed by atoms with Crippen molar-refractivity contribution in [2.45, 2.75) is 75.8 Å². The smallest absolute Gasteiger partial charge is 0.336 e. The van der Waals surface area contributed by atoms with Crippen molar-refractivity contribution < 1.29 is 24.2 Å². The van der Waals surface area contributed by atoms with Crippen molar-refractivity contribution in [1.29, 1.82) is 0 Å². The zero-order chi connectivity index (χ0) is 25.9. The average molecular weight is 525 g/mol. The van der Waals surface area contributed by atoms with Crippen molar-refractivity contribution in [3.05, 3.63) is 53.1 Å². The SMILES string of the molecule is CC1(C)OC(C(=O)O)C(C(=O)Nc2ccc(Nc3ccc(C45CC6CC(CC(C6)C4)C5)cc3Cl)cc2)O1. The Hall–Kier alpha value is -2.61. The van der Waals surface area contributed by atoms with Crippen LogP contribution in [0.4, 0.5) is 17.1 Å². The highest BCUT2D eigenvalue weighted by Gasteiger charge is 2.52. The van der Waals surface area contributed by atoms with E-state index < -0.39 is 29.9 Å². The first-order chi connectivity index (χ1) is 17.6. The molecule has 0 spiro atoms. The summed E-state index contributed by atoms with van der Waals surface area (Å²) in [6.45, 7) is 3.16. The molecule has 8 heteroatoms. The number of benzene rings is 2. The first kappa shape index (κ1) is 24.7. The van der Waals surface area contributed by atoms with Gasteiger partial charge in [0.2, 0.25) is 0 Å². The van der Waals surface area contributed by atoms with Gasteiger partial charge in [-0.2, -0.15) is 0 Å². The molecule has 1 amide bonds. The summed E-state index contributed by atoms with van der Waals surface area (Å²) >= 11 is 6.76. The molecule has 5 aliphatic rings. The van der Waals surface area contributed by atoms with Crippen molar-refractivity contribution in [1.82, 2.24) is 0 Å². The fraction of sp³-hybridized carbons (Fsp3) is 0.517. The van der Waals surface area contributed by atoms with Crippen LogP contribution in [0.5, 0.6) is 0 Å². The van der Waals surface area contributed by atoms with E-state index >= 15 is 0 Å². The molecule has 2 aromatic carbocycles. The third-order valence-electron chi connectivity index (χ3n) is 8.65. The number of carboxylic acid groups (broad SMARTS) is 1. The fourth-order valence-electron chi connectivity index (χ4n) is 7.55. The van der Waals surface area contributed by atoms with Gasteiger partial charge in [0.05, 0.1) is 10.7 Å². The summed E-state index contributed by atoms with van der Waals surface area (Å²) in [5, 5.41) is 16.2. The Balaban J connectivity index is 1.11. The highest BCUT2D eigenvalue weighted by Crippen LogP contribution is 2.61. The van der Waals surface area contributed by atoms with Gasteiger partial charge in [0.25, 0.3) is 5.91 Å². The second kappa shape index (κ2) is 9.00. The summed E-state index contributed by atoms with van der Waals surface area (Å²) in [7, 11) is 0. The lowest BCUT2D eigenvalue weighted by Gasteiger charge is -2.57. The molecule has 0 radical (unpaired) electrons. The lowest BCUT2D eigenvalue weighted by molar-refractivity contribution is -0.166. The fourth-order valence-corrected chi connectivity index (χ4v) is 7.78. The maximum atomic E-state index is 12.7. The quantitative estimate of drug-likeness (QED) is 0.423. The zero-order valence-electron chi connectivity index (χ0n) is 21.1. The molecule has 196 valence electrons. The number of carboxylic acids is 1. The predicted octanol–water partition coefficient (Wildman–Crippen LogP) is 6.09. The minimum absolute atomic E-state index is 0.305. The van der Waals surface area contributed by atoms with Gasteiger partial charge in [0, 0.05) is 11.4 Å². The summed E-state index contributed by atoms with van der Waals surface area (Å²) in [4.78, 5) is 24.2. The van der Waals surface area contributed by atoms with Gasteiger partial charge < -0.3 is 25.2 Å². The monoisotopic (exact) mass is 524 g/mol. The molecule has 2 atom stereocenters. The number of hydrogen-bond acceptors (Lipinski definition) is 5. The van der Waals surface area contributed by atoms with Crippen molar-refractivity contribution in [3.63, 3.8) is 0 Å². The first-order valence-corrected chi connectivity index (χ1v) is 13.5. The molecule has 1 saturated heterocycles. The lowest BCUT2D eigenvalue weighted by atomic mass is 9.48. The minimum Gasteiger partial charge on any atom is -0.479 e. The average Bonchev–Trinajstić information content (AvgIpc) is 3.17. The van der Waals surface area contributed by atoms with Crippen molar-refractivity contribution >= 4 is 40.5 Å². The summed E-state index contributed by atoms with van der Waals surface area (Å²) in [6.07, 6.45) is 5.57. The van der Waals surface area contributed by atoms with E-state index in [1.165, 1.54) is 44.1 Å². The number of hydrogen-bond donors (Lipinski definition) is 3. The number of halogens is 1. The topological polar surface area (TPSA) is 96.9 Å². The Morgan fingerprint density at radius 3 is 2.03 bits per heavy atom. The molecule has 5 fully saturated rings. The van der Waals surface area contributed by atoms with E-state index in [1.807, 2.05) is 12.1 Å². The second-order valence-corrected chi connectivity index (χ2v) is 12.3. The number of ether oxygens (including phenoxy) is 2. The van der Waals surface area contributed by atoms with Crippen LogP contribution < -0.4 is 10.6 Å². The third-order valence-corrected chi connectivity index (χ3v) is 8.96. The molecule has 37 heavy (non-hydrogen) atoms. The van der Waals surface area contributed by atoms with Gasteiger partial charge in [-0.05, 0) is 118 Å². The van der Waals surface area contributed by atoms with Crippen LogP contribution in [0.1, 0.15) is 57.9 Å². The Morgan fingerprint density at radius 2 is 1.46 bits per heavy atom. The van der Waals surface area contributed by atoms with E-state index in [-0.39, 0.29) is 0 Å². The number of rotatable bonds is 6. The van der Waals surface area contributed by atoms with Gasteiger partial charge in [0.15, 0.2) is 18.0 Å². The molecule has 1 heterocycles. The molecule has 1 aliphatic heterocycles.